The van der Waals surface area contributed by atoms with Crippen molar-refractivity contribution in [2.24, 2.45) is 0 Å². The lowest BCUT2D eigenvalue weighted by Crippen LogP contribution is -2.08. The summed E-state index contributed by atoms with van der Waals surface area (Å²) >= 11 is 5.14. The van der Waals surface area contributed by atoms with Gasteiger partial charge in [0.1, 0.15) is 0 Å². The highest BCUT2D eigenvalue weighted by Gasteiger charge is 2.16. The zero-order valence-electron chi connectivity index (χ0n) is 9.28. The third-order valence-corrected chi connectivity index (χ3v) is 4.46. The smallest absolute Gasteiger partial charge is 0.231 e. The summed E-state index contributed by atoms with van der Waals surface area (Å²) in [5, 5.41) is 1.51. The van der Waals surface area contributed by atoms with Crippen molar-refractivity contribution in [1.29, 1.82) is 0 Å². The number of methoxy groups -OCH3 is 1. The molecule has 88 valence electrons. The van der Waals surface area contributed by atoms with Gasteiger partial charge in [0.05, 0.1) is 11.6 Å². The van der Waals surface area contributed by atoms with E-state index in [4.69, 9.17) is 4.74 Å². The molecule has 2 rings (SSSR count). The highest BCUT2D eigenvalue weighted by molar-refractivity contribution is 9.10. The summed E-state index contributed by atoms with van der Waals surface area (Å²) in [6.45, 7) is 0. The molecule has 0 amide bonds. The first-order valence-corrected chi connectivity index (χ1v) is 7.20. The molecule has 0 aromatic carbocycles. The highest BCUT2D eigenvalue weighted by atomic mass is 79.9. The zero-order valence-corrected chi connectivity index (χ0v) is 11.7. The molecule has 5 heteroatoms. The number of hydrogen-bond donors (Lipinski definition) is 0. The predicted octanol–water partition coefficient (Wildman–Crippen LogP) is 3.67. The van der Waals surface area contributed by atoms with Crippen molar-refractivity contribution < 1.29 is 4.74 Å². The summed E-state index contributed by atoms with van der Waals surface area (Å²) in [6, 6.07) is 0. The summed E-state index contributed by atoms with van der Waals surface area (Å²) in [5.41, 5.74) is 0. The van der Waals surface area contributed by atoms with Crippen LogP contribution in [0.3, 0.4) is 0 Å². The first-order chi connectivity index (χ1) is 7.79. The molecule has 16 heavy (non-hydrogen) atoms. The summed E-state index contributed by atoms with van der Waals surface area (Å²) in [7, 11) is 1.63. The SMILES string of the molecule is COc1nc(SC2CCCCC2)ncc1Br. The molecule has 1 aliphatic rings. The van der Waals surface area contributed by atoms with Gasteiger partial charge in [0.2, 0.25) is 5.88 Å². The molecule has 0 bridgehead atoms. The van der Waals surface area contributed by atoms with Crippen molar-refractivity contribution in [2.45, 2.75) is 42.5 Å². The van der Waals surface area contributed by atoms with E-state index in [1.165, 1.54) is 32.1 Å². The lowest BCUT2D eigenvalue weighted by molar-refractivity contribution is 0.389. The van der Waals surface area contributed by atoms with Crippen molar-refractivity contribution in [2.75, 3.05) is 7.11 Å². The van der Waals surface area contributed by atoms with Gasteiger partial charge >= 0.3 is 0 Å². The zero-order chi connectivity index (χ0) is 11.4. The van der Waals surface area contributed by atoms with Crippen molar-refractivity contribution in [3.63, 3.8) is 0 Å². The van der Waals surface area contributed by atoms with Crippen LogP contribution in [0.15, 0.2) is 15.8 Å². The van der Waals surface area contributed by atoms with Crippen molar-refractivity contribution in [3.05, 3.63) is 10.7 Å². The van der Waals surface area contributed by atoms with Crippen LogP contribution >= 0.6 is 27.7 Å². The molecule has 1 aromatic rings. The van der Waals surface area contributed by atoms with E-state index in [2.05, 4.69) is 25.9 Å². The Hall–Kier alpha value is -0.290. The molecule has 0 N–H and O–H groups in total. The van der Waals surface area contributed by atoms with Crippen molar-refractivity contribution in [1.82, 2.24) is 9.97 Å². The Morgan fingerprint density at radius 3 is 2.81 bits per heavy atom. The maximum atomic E-state index is 5.16. The minimum atomic E-state index is 0.619. The molecular weight excluding hydrogens is 288 g/mol. The summed E-state index contributed by atoms with van der Waals surface area (Å²) in [6.07, 6.45) is 8.38. The van der Waals surface area contributed by atoms with Crippen LogP contribution in [0.2, 0.25) is 0 Å². The van der Waals surface area contributed by atoms with E-state index in [0.29, 0.717) is 11.1 Å². The van der Waals surface area contributed by atoms with E-state index in [0.717, 1.165) is 9.63 Å². The predicted molar refractivity (Wildman–Crippen MR) is 69.0 cm³/mol. The Labute approximate surface area is 109 Å². The lowest BCUT2D eigenvalue weighted by Gasteiger charge is -2.19. The molecule has 1 saturated carbocycles. The van der Waals surface area contributed by atoms with Crippen LogP contribution in [0.4, 0.5) is 0 Å². The van der Waals surface area contributed by atoms with Gasteiger partial charge in [0.25, 0.3) is 0 Å². The van der Waals surface area contributed by atoms with Gasteiger partial charge in [-0.15, -0.1) is 0 Å². The molecular formula is C11H15BrN2OS. The Kier molecular flexibility index (Phi) is 4.46. The lowest BCUT2D eigenvalue weighted by atomic mass is 10.0. The molecule has 0 aliphatic heterocycles. The van der Waals surface area contributed by atoms with Gasteiger partial charge in [-0.1, -0.05) is 31.0 Å². The Balaban J connectivity index is 2.03. The van der Waals surface area contributed by atoms with Crippen molar-refractivity contribution in [3.8, 4) is 5.88 Å². The Bertz CT molecular complexity index is 356. The minimum absolute atomic E-state index is 0.619. The third kappa shape index (κ3) is 3.10. The first-order valence-electron chi connectivity index (χ1n) is 5.53. The molecule has 0 atom stereocenters. The van der Waals surface area contributed by atoms with Crippen LogP contribution in [0.5, 0.6) is 5.88 Å². The Morgan fingerprint density at radius 2 is 2.12 bits per heavy atom. The fourth-order valence-electron chi connectivity index (χ4n) is 1.87. The van der Waals surface area contributed by atoms with Gasteiger partial charge < -0.3 is 4.74 Å². The van der Waals surface area contributed by atoms with Crippen LogP contribution in [-0.4, -0.2) is 22.3 Å². The normalized spacial score (nSPS) is 17.4. The van der Waals surface area contributed by atoms with Crippen LogP contribution in [0.25, 0.3) is 0 Å². The fourth-order valence-corrected chi connectivity index (χ4v) is 3.34. The van der Waals surface area contributed by atoms with E-state index in [9.17, 15) is 0 Å². The quantitative estimate of drug-likeness (QED) is 0.798. The summed E-state index contributed by atoms with van der Waals surface area (Å²) in [5.74, 6) is 0.619. The second kappa shape index (κ2) is 5.87. The molecule has 1 fully saturated rings. The van der Waals surface area contributed by atoms with Gasteiger partial charge in [-0.05, 0) is 28.8 Å². The standard InChI is InChI=1S/C11H15BrN2OS/c1-15-10-9(12)7-13-11(14-10)16-8-5-3-2-4-6-8/h7-8H,2-6H2,1H3. The molecule has 1 aromatic heterocycles. The van der Waals surface area contributed by atoms with E-state index in [-0.39, 0.29) is 0 Å². The first kappa shape index (κ1) is 12.2. The monoisotopic (exact) mass is 302 g/mol. The molecule has 0 saturated heterocycles. The van der Waals surface area contributed by atoms with Crippen molar-refractivity contribution >= 4 is 27.7 Å². The molecule has 1 aliphatic carbocycles. The van der Waals surface area contributed by atoms with E-state index >= 15 is 0 Å². The number of rotatable bonds is 3. The number of nitrogens with zero attached hydrogens (tertiary/aromatic N) is 2. The maximum absolute atomic E-state index is 5.16. The number of aromatic nitrogens is 2. The minimum Gasteiger partial charge on any atom is -0.480 e. The van der Waals surface area contributed by atoms with E-state index in [1.54, 1.807) is 25.1 Å². The molecule has 3 nitrogen and oxygen atoms in total. The largest absolute Gasteiger partial charge is 0.480 e. The fraction of sp³-hybridized carbons (Fsp3) is 0.636. The maximum Gasteiger partial charge on any atom is 0.231 e. The van der Waals surface area contributed by atoms with E-state index in [1.807, 2.05) is 0 Å². The average Bonchev–Trinajstić information content (AvgIpc) is 2.33. The second-order valence-electron chi connectivity index (χ2n) is 3.89. The van der Waals surface area contributed by atoms with Crippen LogP contribution in [0, 0.1) is 0 Å². The van der Waals surface area contributed by atoms with Crippen LogP contribution in [0.1, 0.15) is 32.1 Å². The van der Waals surface area contributed by atoms with Gasteiger partial charge in [-0.2, -0.15) is 4.98 Å². The number of thioether (sulfide) groups is 1. The highest BCUT2D eigenvalue weighted by Crippen LogP contribution is 2.33. The van der Waals surface area contributed by atoms with E-state index < -0.39 is 0 Å². The number of halogens is 1. The molecule has 0 radical (unpaired) electrons. The van der Waals surface area contributed by atoms with Crippen LogP contribution in [-0.2, 0) is 0 Å². The van der Waals surface area contributed by atoms with Gasteiger partial charge in [0, 0.05) is 11.4 Å². The average molecular weight is 303 g/mol. The summed E-state index contributed by atoms with van der Waals surface area (Å²) in [4.78, 5) is 8.67. The van der Waals surface area contributed by atoms with Gasteiger partial charge in [0.15, 0.2) is 5.16 Å². The summed E-state index contributed by atoms with van der Waals surface area (Å²) < 4.78 is 5.97. The van der Waals surface area contributed by atoms with Gasteiger partial charge in [-0.25, -0.2) is 4.98 Å². The molecule has 0 unspecified atom stereocenters. The Morgan fingerprint density at radius 1 is 1.38 bits per heavy atom. The third-order valence-electron chi connectivity index (χ3n) is 2.71. The topological polar surface area (TPSA) is 35.0 Å². The second-order valence-corrected chi connectivity index (χ2v) is 6.01. The van der Waals surface area contributed by atoms with Gasteiger partial charge in [-0.3, -0.25) is 0 Å². The molecule has 1 heterocycles. The number of ether oxygens (including phenoxy) is 1. The molecule has 0 spiro atoms. The number of hydrogen-bond acceptors (Lipinski definition) is 4. The van der Waals surface area contributed by atoms with Crippen LogP contribution < -0.4 is 4.74 Å².